The molecule has 0 bridgehead atoms. The average molecular weight is 379 g/mol. The van der Waals surface area contributed by atoms with Crippen LogP contribution in [0.25, 0.3) is 0 Å². The van der Waals surface area contributed by atoms with Crippen LogP contribution in [0.15, 0.2) is 48.8 Å². The molecule has 1 aromatic heterocycles. The number of hydrogen-bond acceptors (Lipinski definition) is 4. The maximum atomic E-state index is 12.9. The molecular weight excluding hydrogens is 363 g/mol. The molecule has 142 valence electrons. The zero-order valence-electron chi connectivity index (χ0n) is 14.4. The molecular formula is C18H16F3N3O3. The molecule has 0 aliphatic carbocycles. The van der Waals surface area contributed by atoms with Crippen LogP contribution in [-0.2, 0) is 10.2 Å². The van der Waals surface area contributed by atoms with Crippen LogP contribution in [-0.4, -0.2) is 29.3 Å². The summed E-state index contributed by atoms with van der Waals surface area (Å²) in [6, 6.07) is 6.57. The molecule has 6 nitrogen and oxygen atoms in total. The molecule has 9 heteroatoms. The van der Waals surface area contributed by atoms with Crippen LogP contribution < -0.4 is 15.0 Å². The number of rotatable bonds is 4. The van der Waals surface area contributed by atoms with E-state index in [9.17, 15) is 22.8 Å². The highest BCUT2D eigenvalue weighted by Crippen LogP contribution is 2.33. The Bertz CT molecular complexity index is 852. The van der Waals surface area contributed by atoms with Crippen molar-refractivity contribution in [2.45, 2.75) is 31.7 Å². The molecule has 1 N–H and O–H groups in total. The van der Waals surface area contributed by atoms with Crippen molar-refractivity contribution in [2.75, 3.05) is 4.90 Å². The topological polar surface area (TPSA) is 71.5 Å². The van der Waals surface area contributed by atoms with Gasteiger partial charge in [0, 0.05) is 17.8 Å². The monoisotopic (exact) mass is 379 g/mol. The summed E-state index contributed by atoms with van der Waals surface area (Å²) in [5.41, 5.74) is 0.246. The number of halogens is 3. The van der Waals surface area contributed by atoms with Crippen LogP contribution in [0.5, 0.6) is 5.75 Å². The lowest BCUT2D eigenvalue weighted by Gasteiger charge is -2.30. The van der Waals surface area contributed by atoms with Gasteiger partial charge in [0.15, 0.2) is 0 Å². The van der Waals surface area contributed by atoms with Crippen molar-refractivity contribution >= 4 is 17.6 Å². The molecule has 3 amide bonds. The fourth-order valence-electron chi connectivity index (χ4n) is 2.96. The third kappa shape index (κ3) is 3.71. The largest absolute Gasteiger partial charge is 0.573 e. The van der Waals surface area contributed by atoms with Crippen molar-refractivity contribution in [2.24, 2.45) is 0 Å². The molecule has 1 unspecified atom stereocenters. The molecule has 2 aromatic rings. The Kier molecular flexibility index (Phi) is 4.54. The van der Waals surface area contributed by atoms with Crippen molar-refractivity contribution in [3.8, 4) is 5.75 Å². The lowest BCUT2D eigenvalue weighted by atomic mass is 9.78. The Labute approximate surface area is 152 Å². The maximum Gasteiger partial charge on any atom is 0.573 e. The first-order valence-electron chi connectivity index (χ1n) is 8.00. The average Bonchev–Trinajstić information content (AvgIpc) is 2.90. The smallest absolute Gasteiger partial charge is 0.406 e. The molecule has 3 rings (SSSR count). The van der Waals surface area contributed by atoms with E-state index < -0.39 is 35.5 Å². The minimum Gasteiger partial charge on any atom is -0.406 e. The Morgan fingerprint density at radius 1 is 1.04 bits per heavy atom. The number of amides is 3. The number of ether oxygens (including phenoxy) is 1. The fraction of sp³-hybridized carbons (Fsp3) is 0.278. The molecule has 27 heavy (non-hydrogen) atoms. The summed E-state index contributed by atoms with van der Waals surface area (Å²) in [6.45, 7) is 3.63. The Morgan fingerprint density at radius 2 is 1.63 bits per heavy atom. The summed E-state index contributed by atoms with van der Waals surface area (Å²) < 4.78 is 40.6. The summed E-state index contributed by atoms with van der Waals surface area (Å²) in [5, 5.41) is 2.65. The molecule has 2 heterocycles. The third-order valence-electron chi connectivity index (χ3n) is 4.41. The predicted molar refractivity (Wildman–Crippen MR) is 90.2 cm³/mol. The minimum atomic E-state index is -4.82. The molecule has 1 atom stereocenters. The molecule has 1 aliphatic heterocycles. The van der Waals surface area contributed by atoms with E-state index in [0.29, 0.717) is 0 Å². The number of carbonyl (C=O) groups excluding carboxylic acids is 2. The van der Waals surface area contributed by atoms with E-state index >= 15 is 0 Å². The summed E-state index contributed by atoms with van der Waals surface area (Å²) in [5.74, 6) is -0.932. The van der Waals surface area contributed by atoms with E-state index in [0.717, 1.165) is 22.6 Å². The van der Waals surface area contributed by atoms with Crippen molar-refractivity contribution in [1.82, 2.24) is 10.3 Å². The van der Waals surface area contributed by atoms with Crippen molar-refractivity contribution in [3.05, 3.63) is 54.4 Å². The van der Waals surface area contributed by atoms with Crippen LogP contribution in [0.2, 0.25) is 0 Å². The second-order valence-electron chi connectivity index (χ2n) is 6.56. The number of benzene rings is 1. The number of nitrogens with zero attached hydrogens (tertiary/aromatic N) is 2. The minimum absolute atomic E-state index is 0.153. The summed E-state index contributed by atoms with van der Waals surface area (Å²) >= 11 is 0. The zero-order valence-corrected chi connectivity index (χ0v) is 14.4. The lowest BCUT2D eigenvalue weighted by molar-refractivity contribution is -0.274. The van der Waals surface area contributed by atoms with Gasteiger partial charge in [-0.15, -0.1) is 13.2 Å². The number of pyridine rings is 1. The van der Waals surface area contributed by atoms with E-state index in [1.807, 2.05) is 13.8 Å². The fourth-order valence-corrected chi connectivity index (χ4v) is 2.96. The Hall–Kier alpha value is -3.10. The van der Waals surface area contributed by atoms with Crippen LogP contribution in [0, 0.1) is 0 Å². The quantitative estimate of drug-likeness (QED) is 0.827. The van der Waals surface area contributed by atoms with Crippen LogP contribution in [0.3, 0.4) is 0 Å². The number of hydrogen-bond donors (Lipinski definition) is 1. The van der Waals surface area contributed by atoms with E-state index in [-0.39, 0.29) is 5.69 Å². The van der Waals surface area contributed by atoms with Gasteiger partial charge >= 0.3 is 12.4 Å². The molecule has 1 saturated heterocycles. The van der Waals surface area contributed by atoms with Crippen molar-refractivity contribution in [3.63, 3.8) is 0 Å². The van der Waals surface area contributed by atoms with Gasteiger partial charge in [-0.25, -0.2) is 9.69 Å². The van der Waals surface area contributed by atoms with Crippen LogP contribution >= 0.6 is 0 Å². The van der Waals surface area contributed by atoms with Gasteiger partial charge in [0.05, 0.1) is 5.69 Å². The SMILES string of the molecule is CC(C)(c1ccncc1)C1NC(=O)N(c2ccc(OC(F)(F)F)cc2)C1=O. The lowest BCUT2D eigenvalue weighted by Crippen LogP contribution is -2.46. The standard InChI is InChI=1S/C18H16F3N3O3/c1-17(2,11-7-9-22-10-8-11)14-15(25)24(16(26)23-14)12-3-5-13(6-4-12)27-18(19,20)21/h3-10,14H,1-2H3,(H,23,26). The van der Waals surface area contributed by atoms with E-state index in [1.54, 1.807) is 24.5 Å². The first kappa shape index (κ1) is 18.7. The van der Waals surface area contributed by atoms with Gasteiger partial charge < -0.3 is 10.1 Å². The number of carbonyl (C=O) groups is 2. The number of urea groups is 1. The number of imide groups is 1. The number of aromatic nitrogens is 1. The molecule has 1 aliphatic rings. The maximum absolute atomic E-state index is 12.9. The predicted octanol–water partition coefficient (Wildman–Crippen LogP) is 3.38. The van der Waals surface area contributed by atoms with E-state index in [1.165, 1.54) is 12.1 Å². The second-order valence-corrected chi connectivity index (χ2v) is 6.56. The first-order chi connectivity index (χ1) is 12.6. The normalized spacial score (nSPS) is 17.8. The summed E-state index contributed by atoms with van der Waals surface area (Å²) in [4.78, 5) is 30.1. The summed E-state index contributed by atoms with van der Waals surface area (Å²) in [6.07, 6.45) is -1.63. The summed E-state index contributed by atoms with van der Waals surface area (Å²) in [7, 11) is 0. The number of nitrogens with one attached hydrogen (secondary N) is 1. The van der Waals surface area contributed by atoms with Gasteiger partial charge in [0.2, 0.25) is 0 Å². The first-order valence-corrected chi connectivity index (χ1v) is 8.00. The number of anilines is 1. The van der Waals surface area contributed by atoms with E-state index in [4.69, 9.17) is 0 Å². The van der Waals surface area contributed by atoms with Gasteiger partial charge in [0.25, 0.3) is 5.91 Å². The van der Waals surface area contributed by atoms with Gasteiger partial charge in [-0.3, -0.25) is 9.78 Å². The number of alkyl halides is 3. The molecule has 0 spiro atoms. The second kappa shape index (κ2) is 6.57. The van der Waals surface area contributed by atoms with E-state index in [2.05, 4.69) is 15.0 Å². The highest BCUT2D eigenvalue weighted by Gasteiger charge is 2.47. The highest BCUT2D eigenvalue weighted by molar-refractivity contribution is 6.21. The van der Waals surface area contributed by atoms with Gasteiger partial charge in [-0.2, -0.15) is 0 Å². The Balaban J connectivity index is 1.84. The molecule has 1 fully saturated rings. The van der Waals surface area contributed by atoms with Crippen LogP contribution in [0.1, 0.15) is 19.4 Å². The van der Waals surface area contributed by atoms with Gasteiger partial charge in [0.1, 0.15) is 11.8 Å². The Morgan fingerprint density at radius 3 is 2.19 bits per heavy atom. The highest BCUT2D eigenvalue weighted by atomic mass is 19.4. The zero-order chi connectivity index (χ0) is 19.8. The van der Waals surface area contributed by atoms with Crippen LogP contribution in [0.4, 0.5) is 23.7 Å². The molecule has 0 radical (unpaired) electrons. The van der Waals surface area contributed by atoms with Crippen molar-refractivity contribution in [1.29, 1.82) is 0 Å². The third-order valence-corrected chi connectivity index (χ3v) is 4.41. The van der Waals surface area contributed by atoms with Gasteiger partial charge in [-0.1, -0.05) is 13.8 Å². The van der Waals surface area contributed by atoms with Gasteiger partial charge in [-0.05, 0) is 42.0 Å². The molecule has 1 aromatic carbocycles. The van der Waals surface area contributed by atoms with Crippen molar-refractivity contribution < 1.29 is 27.5 Å². The molecule has 0 saturated carbocycles.